The van der Waals surface area contributed by atoms with E-state index < -0.39 is 23.8 Å². The number of fused-ring (bicyclic) bond motifs is 2. The monoisotopic (exact) mass is 560 g/mol. The Morgan fingerprint density at radius 3 is 2.62 bits per heavy atom. The number of rotatable bonds is 9. The number of nitrogens with one attached hydrogen (secondary N) is 1. The maximum Gasteiger partial charge on any atom is 0.408 e. The Morgan fingerprint density at radius 2 is 2.00 bits per heavy atom. The lowest BCUT2D eigenvalue weighted by Crippen LogP contribution is -2.59. The minimum absolute atomic E-state index is 0.00314. The van der Waals surface area contributed by atoms with Crippen LogP contribution in [-0.2, 0) is 23.6 Å². The van der Waals surface area contributed by atoms with Crippen LogP contribution in [0, 0.1) is 11.3 Å². The van der Waals surface area contributed by atoms with Gasteiger partial charge in [0.15, 0.2) is 0 Å². The highest BCUT2D eigenvalue weighted by atomic mass is 32.2. The number of hydrogen-bond donors (Lipinski definition) is 2. The molecule has 5 atom stereocenters. The van der Waals surface area contributed by atoms with Gasteiger partial charge in [-0.3, -0.25) is 14.5 Å². The molecule has 3 N–H and O–H groups in total. The maximum absolute atomic E-state index is 13.5. The van der Waals surface area contributed by atoms with E-state index in [4.69, 9.17) is 10.6 Å². The third-order valence-electron chi connectivity index (χ3n) is 7.35. The van der Waals surface area contributed by atoms with E-state index in [9.17, 15) is 19.6 Å². The number of nitrogens with zero attached hydrogens (tertiary/aromatic N) is 4. The standard InChI is InChI=1S/C26H36N6O6S/c1-16(17-7-9-20(10-8-17)39-38-37-28)32-19-12-22(24(32)34)30(14-19)15-21(29-25(35)36-26(2,3)4)23(33)31-11-5-6-18(31)13-27/h7-10,16,18-19,21-22H,5-6,11-12,14-15,28H2,1-4H3,(H,29,35)/t16-,18+,19-,21+,22-/m1/s1. The van der Waals surface area contributed by atoms with Crippen LogP contribution >= 0.6 is 12.0 Å². The number of carbonyl (C=O) groups is 3. The molecule has 0 aromatic heterocycles. The Labute approximate surface area is 232 Å². The van der Waals surface area contributed by atoms with E-state index in [1.165, 1.54) is 4.90 Å². The maximum atomic E-state index is 13.5. The molecule has 12 nitrogen and oxygen atoms in total. The zero-order chi connectivity index (χ0) is 28.3. The number of alkyl carbamates (subject to hydrolysis) is 1. The van der Waals surface area contributed by atoms with Crippen molar-refractivity contribution in [2.24, 2.45) is 5.90 Å². The van der Waals surface area contributed by atoms with Crippen LogP contribution in [-0.4, -0.2) is 82.0 Å². The van der Waals surface area contributed by atoms with Crippen molar-refractivity contribution in [1.29, 1.82) is 5.26 Å². The molecule has 1 aromatic carbocycles. The second-order valence-corrected chi connectivity index (χ2v) is 11.9. The number of likely N-dealkylation sites (tertiary alicyclic amines) is 3. The molecule has 39 heavy (non-hydrogen) atoms. The number of nitrogens with two attached hydrogens (primary N) is 1. The van der Waals surface area contributed by atoms with Gasteiger partial charge >= 0.3 is 6.09 Å². The Bertz CT molecular complexity index is 1110. The highest BCUT2D eigenvalue weighted by molar-refractivity contribution is 7.94. The molecule has 4 rings (SSSR count). The summed E-state index contributed by atoms with van der Waals surface area (Å²) >= 11 is 0.989. The van der Waals surface area contributed by atoms with E-state index >= 15 is 0 Å². The third-order valence-corrected chi connectivity index (χ3v) is 7.97. The molecule has 3 aliphatic rings. The van der Waals surface area contributed by atoms with Gasteiger partial charge in [-0.2, -0.15) is 11.2 Å². The molecule has 13 heteroatoms. The molecule has 3 amide bonds. The first-order chi connectivity index (χ1) is 18.5. The zero-order valence-corrected chi connectivity index (χ0v) is 23.5. The van der Waals surface area contributed by atoms with Crippen LogP contribution < -0.4 is 11.2 Å². The molecule has 0 saturated carbocycles. The average molecular weight is 561 g/mol. The number of piperazine rings is 1. The van der Waals surface area contributed by atoms with Crippen LogP contribution in [0.4, 0.5) is 4.79 Å². The summed E-state index contributed by atoms with van der Waals surface area (Å²) in [5.41, 5.74) is 0.249. The van der Waals surface area contributed by atoms with Gasteiger partial charge in [0, 0.05) is 30.6 Å². The first-order valence-corrected chi connectivity index (χ1v) is 13.8. The van der Waals surface area contributed by atoms with Gasteiger partial charge in [-0.15, -0.1) is 9.32 Å². The van der Waals surface area contributed by atoms with Crippen molar-refractivity contribution in [3.05, 3.63) is 29.8 Å². The highest BCUT2D eigenvalue weighted by Crippen LogP contribution is 2.38. The quantitative estimate of drug-likeness (QED) is 0.261. The molecule has 0 spiro atoms. The summed E-state index contributed by atoms with van der Waals surface area (Å²) in [4.78, 5) is 50.0. The first-order valence-electron chi connectivity index (χ1n) is 13.1. The fraction of sp³-hybridized carbons (Fsp3) is 0.615. The second kappa shape index (κ2) is 12.1. The summed E-state index contributed by atoms with van der Waals surface area (Å²) in [5, 5.41) is 12.2. The summed E-state index contributed by atoms with van der Waals surface area (Å²) in [7, 11) is 0. The van der Waals surface area contributed by atoms with E-state index in [2.05, 4.69) is 20.7 Å². The predicted octanol–water partition coefficient (Wildman–Crippen LogP) is 2.27. The Hall–Kier alpha value is -2.89. The fourth-order valence-corrected chi connectivity index (χ4v) is 6.02. The van der Waals surface area contributed by atoms with Crippen molar-refractivity contribution in [2.45, 2.75) is 87.7 Å². The average Bonchev–Trinajstić information content (AvgIpc) is 3.60. The molecule has 1 aromatic rings. The third kappa shape index (κ3) is 6.64. The van der Waals surface area contributed by atoms with Crippen LogP contribution in [0.3, 0.4) is 0 Å². The largest absolute Gasteiger partial charge is 0.444 e. The number of carbonyl (C=O) groups excluding carboxylic acids is 3. The minimum Gasteiger partial charge on any atom is -0.444 e. The summed E-state index contributed by atoms with van der Waals surface area (Å²) in [6.45, 7) is 8.45. The van der Waals surface area contributed by atoms with Crippen molar-refractivity contribution >= 4 is 30.0 Å². The number of benzene rings is 1. The normalized spacial score (nSPS) is 24.5. The number of hydrogen-bond acceptors (Lipinski definition) is 10. The van der Waals surface area contributed by atoms with Gasteiger partial charge in [0.2, 0.25) is 11.8 Å². The van der Waals surface area contributed by atoms with Crippen molar-refractivity contribution in [1.82, 2.24) is 20.0 Å². The Kier molecular flexibility index (Phi) is 9.03. The number of ether oxygens (including phenoxy) is 1. The van der Waals surface area contributed by atoms with Gasteiger partial charge in [-0.25, -0.2) is 4.79 Å². The molecule has 212 valence electrons. The van der Waals surface area contributed by atoms with E-state index in [0.717, 1.165) is 28.9 Å². The summed E-state index contributed by atoms with van der Waals surface area (Å²) < 4.78 is 10.1. The molecular weight excluding hydrogens is 524 g/mol. The van der Waals surface area contributed by atoms with Crippen molar-refractivity contribution in [3.8, 4) is 6.07 Å². The molecule has 3 saturated heterocycles. The molecule has 0 aliphatic carbocycles. The van der Waals surface area contributed by atoms with Crippen molar-refractivity contribution < 1.29 is 28.4 Å². The summed E-state index contributed by atoms with van der Waals surface area (Å²) in [6.07, 6.45) is 1.28. The first kappa shape index (κ1) is 29.1. The van der Waals surface area contributed by atoms with Crippen LogP contribution in [0.5, 0.6) is 0 Å². The highest BCUT2D eigenvalue weighted by Gasteiger charge is 2.52. The van der Waals surface area contributed by atoms with Gasteiger partial charge in [-0.1, -0.05) is 12.1 Å². The van der Waals surface area contributed by atoms with E-state index in [1.54, 1.807) is 20.8 Å². The lowest BCUT2D eigenvalue weighted by molar-refractivity contribution is -0.195. The molecule has 3 heterocycles. The molecule has 3 fully saturated rings. The summed E-state index contributed by atoms with van der Waals surface area (Å²) in [5.74, 6) is 4.56. The second-order valence-electron chi connectivity index (χ2n) is 11.1. The van der Waals surface area contributed by atoms with Gasteiger partial charge in [0.25, 0.3) is 0 Å². The molecule has 3 aliphatic heterocycles. The van der Waals surface area contributed by atoms with Gasteiger partial charge < -0.3 is 19.9 Å². The summed E-state index contributed by atoms with van der Waals surface area (Å²) in [6, 6.07) is 7.79. The van der Waals surface area contributed by atoms with Crippen LogP contribution in [0.15, 0.2) is 29.2 Å². The van der Waals surface area contributed by atoms with E-state index in [1.807, 2.05) is 41.0 Å². The molecule has 0 radical (unpaired) electrons. The van der Waals surface area contributed by atoms with Crippen molar-refractivity contribution in [2.75, 3.05) is 19.6 Å². The van der Waals surface area contributed by atoms with Crippen LogP contribution in [0.1, 0.15) is 58.6 Å². The Balaban J connectivity index is 1.44. The predicted molar refractivity (Wildman–Crippen MR) is 141 cm³/mol. The zero-order valence-electron chi connectivity index (χ0n) is 22.7. The lowest BCUT2D eigenvalue weighted by atomic mass is 10.1. The van der Waals surface area contributed by atoms with Gasteiger partial charge in [0.1, 0.15) is 17.7 Å². The minimum atomic E-state index is -0.934. The smallest absolute Gasteiger partial charge is 0.408 e. The number of amides is 3. The fourth-order valence-electron chi connectivity index (χ4n) is 5.65. The van der Waals surface area contributed by atoms with Crippen molar-refractivity contribution in [3.63, 3.8) is 0 Å². The molecule has 2 bridgehead atoms. The van der Waals surface area contributed by atoms with Crippen LogP contribution in [0.25, 0.3) is 0 Å². The molecular formula is C26H36N6O6S. The van der Waals surface area contributed by atoms with Crippen LogP contribution in [0.2, 0.25) is 0 Å². The van der Waals surface area contributed by atoms with Gasteiger partial charge in [0.05, 0.1) is 30.2 Å². The Morgan fingerprint density at radius 1 is 1.28 bits per heavy atom. The SMILES string of the molecule is C[C@H](c1ccc(SOON)cc1)N1C(=O)[C@H]2C[C@@H]1CN2C[C@H](NC(=O)OC(C)(C)C)C(=O)N1CCC[C@H]1C#N. The molecule has 0 unspecified atom stereocenters. The topological polar surface area (TPSA) is 150 Å². The van der Waals surface area contributed by atoms with E-state index in [0.29, 0.717) is 25.9 Å². The lowest BCUT2D eigenvalue weighted by Gasteiger charge is -2.39. The number of nitriles is 1. The van der Waals surface area contributed by atoms with Gasteiger partial charge in [-0.05, 0) is 64.7 Å². The van der Waals surface area contributed by atoms with E-state index in [-0.39, 0.29) is 36.5 Å².